The second kappa shape index (κ2) is 6.28. The molecule has 0 saturated heterocycles. The largest absolute Gasteiger partial charge is 0.220 e. The fourth-order valence-corrected chi connectivity index (χ4v) is 0.228. The van der Waals surface area contributed by atoms with Crippen LogP contribution in [0.25, 0.3) is 0 Å². The first-order valence-corrected chi connectivity index (χ1v) is 2.19. The van der Waals surface area contributed by atoms with Gasteiger partial charge in [0.15, 0.2) is 6.07 Å². The van der Waals surface area contributed by atoms with E-state index in [0.717, 1.165) is 0 Å². The predicted octanol–water partition coefficient (Wildman–Crippen LogP) is 0.540. The standard InChI is InChI=1S/C3HNO3S/c4-2-1-3-8-7-6-5/h5H/i4+1. The van der Waals surface area contributed by atoms with E-state index >= 15 is 0 Å². The maximum atomic E-state index is 7.77. The molecule has 0 aliphatic carbocycles. The number of rotatable bonds is 2. The van der Waals surface area contributed by atoms with Gasteiger partial charge in [0.2, 0.25) is 0 Å². The third-order valence-electron chi connectivity index (χ3n) is 0.213. The fraction of sp³-hybridized carbons (Fsp3) is 0. The number of nitriles is 1. The van der Waals surface area contributed by atoms with Gasteiger partial charge in [0.1, 0.15) is 12.0 Å². The van der Waals surface area contributed by atoms with Gasteiger partial charge in [-0.15, -0.1) is 4.33 Å². The van der Waals surface area contributed by atoms with Crippen LogP contribution in [-0.4, -0.2) is 5.26 Å². The zero-order valence-corrected chi connectivity index (χ0v) is 4.44. The molecule has 4 nitrogen and oxygen atoms in total. The summed E-state index contributed by atoms with van der Waals surface area (Å²) >= 11 is 0.522. The summed E-state index contributed by atoms with van der Waals surface area (Å²) in [6.45, 7) is 0. The van der Waals surface area contributed by atoms with Crippen LogP contribution in [0.3, 0.4) is 0 Å². The van der Waals surface area contributed by atoms with Crippen molar-refractivity contribution in [3.63, 3.8) is 0 Å². The van der Waals surface area contributed by atoms with Gasteiger partial charge >= 0.3 is 0 Å². The molecule has 0 atom stereocenters. The summed E-state index contributed by atoms with van der Waals surface area (Å²) in [7, 11) is 0. The number of hydrogen-bond donors (Lipinski definition) is 1. The summed E-state index contributed by atoms with van der Waals surface area (Å²) < 4.78 is 3.78. The van der Waals surface area contributed by atoms with E-state index in [1.165, 1.54) is 6.07 Å². The molecule has 0 unspecified atom stereocenters. The molecule has 0 fully saturated rings. The topological polar surface area (TPSA) is 62.5 Å². The van der Waals surface area contributed by atoms with Crippen molar-refractivity contribution in [2.75, 3.05) is 0 Å². The summed E-state index contributed by atoms with van der Waals surface area (Å²) in [5.41, 5.74) is 0. The molecule has 5 heteroatoms. The lowest BCUT2D eigenvalue weighted by atomic mass is 10.8. The second-order valence-electron chi connectivity index (χ2n) is 0.565. The summed E-state index contributed by atoms with van der Waals surface area (Å²) in [6, 6.07) is 1.53. The first-order valence-electron chi connectivity index (χ1n) is 1.44. The highest BCUT2D eigenvalue weighted by atomic mass is 32.2. The van der Waals surface area contributed by atoms with Crippen LogP contribution >= 0.6 is 12.0 Å². The van der Waals surface area contributed by atoms with Crippen LogP contribution < -0.4 is 0 Å². The molecule has 0 rings (SSSR count). The highest BCUT2D eigenvalue weighted by molar-refractivity contribution is 7.99. The zero-order chi connectivity index (χ0) is 6.24. The molecule has 0 aromatic rings. The first kappa shape index (κ1) is 7.28. The Morgan fingerprint density at radius 2 is 2.38 bits per heavy atom. The van der Waals surface area contributed by atoms with Crippen LogP contribution in [-0.2, 0) is 9.37 Å². The van der Waals surface area contributed by atoms with Crippen molar-refractivity contribution in [3.05, 3.63) is 0 Å². The third-order valence-corrected chi connectivity index (χ3v) is 0.527. The summed E-state index contributed by atoms with van der Waals surface area (Å²) in [5, 5.41) is 20.5. The van der Waals surface area contributed by atoms with Gasteiger partial charge in [-0.25, -0.2) is 5.26 Å². The van der Waals surface area contributed by atoms with Gasteiger partial charge in [-0.2, -0.15) is 5.26 Å². The molecule has 42 valence electrons. The Hall–Kier alpha value is -0.720. The van der Waals surface area contributed by atoms with Gasteiger partial charge in [0.25, 0.3) is 0 Å². The van der Waals surface area contributed by atoms with Gasteiger partial charge in [-0.1, -0.05) is 5.04 Å². The van der Waals surface area contributed by atoms with Crippen molar-refractivity contribution in [1.29, 1.82) is 5.26 Å². The van der Waals surface area contributed by atoms with Gasteiger partial charge < -0.3 is 0 Å². The zero-order valence-electron chi connectivity index (χ0n) is 3.62. The molecule has 0 aromatic carbocycles. The molecule has 1 N–H and O–H groups in total. The molecule has 0 radical (unpaired) electrons. The lowest BCUT2D eigenvalue weighted by Crippen LogP contribution is -1.72. The molecule has 8 heavy (non-hydrogen) atoms. The molecular weight excluding hydrogens is 131 g/mol. The van der Waals surface area contributed by atoms with E-state index in [0.29, 0.717) is 12.0 Å². The maximum Gasteiger partial charge on any atom is 0.153 e. The van der Waals surface area contributed by atoms with Crippen LogP contribution in [0.2, 0.25) is 0 Å². The van der Waals surface area contributed by atoms with Gasteiger partial charge in [-0.3, -0.25) is 0 Å². The van der Waals surface area contributed by atoms with E-state index in [-0.39, 0.29) is 0 Å². The van der Waals surface area contributed by atoms with E-state index in [1.54, 1.807) is 0 Å². The van der Waals surface area contributed by atoms with Crippen LogP contribution in [0.4, 0.5) is 0 Å². The minimum absolute atomic E-state index is 0.522. The SMILES string of the molecule is [15N]#CC#CSOOO. The highest BCUT2D eigenvalue weighted by Gasteiger charge is 1.75. The average Bonchev–Trinajstić information content (AvgIpc) is 1.81. The molecule has 0 aliphatic rings. The van der Waals surface area contributed by atoms with E-state index in [1.807, 2.05) is 5.92 Å². The van der Waals surface area contributed by atoms with Crippen molar-refractivity contribution < 1.29 is 14.6 Å². The normalized spacial score (nSPS) is 6.50. The van der Waals surface area contributed by atoms with E-state index in [4.69, 9.17) is 10.5 Å². The molecular formula is C3HNO3S. The van der Waals surface area contributed by atoms with Crippen molar-refractivity contribution >= 4 is 12.0 Å². The van der Waals surface area contributed by atoms with Crippen molar-refractivity contribution in [2.24, 2.45) is 0 Å². The Bertz CT molecular complexity index is 141. The first-order chi connectivity index (χ1) is 3.91. The van der Waals surface area contributed by atoms with Gasteiger partial charge in [-0.05, 0) is 0 Å². The quantitative estimate of drug-likeness (QED) is 0.148. The Morgan fingerprint density at radius 1 is 1.62 bits per heavy atom. The van der Waals surface area contributed by atoms with Gasteiger partial charge in [0, 0.05) is 11.2 Å². The van der Waals surface area contributed by atoms with Crippen LogP contribution in [0.15, 0.2) is 0 Å². The smallest absolute Gasteiger partial charge is 0.153 e. The maximum absolute atomic E-state index is 7.77. The Kier molecular flexibility index (Phi) is 5.71. The average molecular weight is 132 g/mol. The van der Waals surface area contributed by atoms with Crippen LogP contribution in [0, 0.1) is 22.5 Å². The monoisotopic (exact) mass is 132 g/mol. The van der Waals surface area contributed by atoms with E-state index < -0.39 is 0 Å². The fourth-order valence-electron chi connectivity index (χ4n) is 0.0759. The Labute approximate surface area is 50.1 Å². The highest BCUT2D eigenvalue weighted by Crippen LogP contribution is 1.96. The number of nitrogens with zero attached hydrogens (tertiary/aromatic N) is 1. The van der Waals surface area contributed by atoms with Crippen molar-refractivity contribution in [1.82, 2.24) is 0 Å². The molecule has 0 heterocycles. The summed E-state index contributed by atoms with van der Waals surface area (Å²) in [5.74, 6) is 1.99. The minimum atomic E-state index is 0.522. The van der Waals surface area contributed by atoms with Crippen molar-refractivity contribution in [2.45, 2.75) is 0 Å². The summed E-state index contributed by atoms with van der Waals surface area (Å²) in [4.78, 5) is 0. The Morgan fingerprint density at radius 3 is 2.88 bits per heavy atom. The minimum Gasteiger partial charge on any atom is -0.220 e. The van der Waals surface area contributed by atoms with Gasteiger partial charge in [0.05, 0.1) is 0 Å². The molecule has 0 saturated carbocycles. The lowest BCUT2D eigenvalue weighted by molar-refractivity contribution is -0.431. The van der Waals surface area contributed by atoms with Crippen LogP contribution in [0.1, 0.15) is 0 Å². The van der Waals surface area contributed by atoms with E-state index in [9.17, 15) is 0 Å². The molecule has 0 aliphatic heterocycles. The Balaban J connectivity index is 3.06. The lowest BCUT2D eigenvalue weighted by Gasteiger charge is -1.80. The van der Waals surface area contributed by atoms with E-state index in [2.05, 4.69) is 14.6 Å². The molecule has 0 aromatic heterocycles. The third kappa shape index (κ3) is 5.28. The molecule has 0 amide bonds. The number of hydrogen-bond acceptors (Lipinski definition) is 5. The predicted molar refractivity (Wildman–Crippen MR) is 25.8 cm³/mol. The van der Waals surface area contributed by atoms with Crippen molar-refractivity contribution in [3.8, 4) is 17.2 Å². The summed E-state index contributed by atoms with van der Waals surface area (Å²) in [6.07, 6.45) is 0. The van der Waals surface area contributed by atoms with Crippen LogP contribution in [0.5, 0.6) is 0 Å². The molecule has 0 spiro atoms. The molecule has 0 bridgehead atoms. The second-order valence-corrected chi connectivity index (χ2v) is 1.07.